The molecule has 1 aromatic rings. The lowest BCUT2D eigenvalue weighted by Crippen LogP contribution is -2.29. The fraction of sp³-hybridized carbons (Fsp3) is 0.538. The number of nitrogens with one attached hydrogen (secondary N) is 2. The molecule has 2 N–H and O–H groups in total. The Kier molecular flexibility index (Phi) is 4.31. The molecule has 0 amide bonds. The molecule has 0 spiro atoms. The SMILES string of the molecule is Fc1ccccc1CNC1CCCNCC1. The van der Waals surface area contributed by atoms with Crippen LogP contribution in [-0.4, -0.2) is 19.1 Å². The molecule has 16 heavy (non-hydrogen) atoms. The number of benzene rings is 1. The second kappa shape index (κ2) is 5.97. The van der Waals surface area contributed by atoms with Gasteiger partial charge >= 0.3 is 0 Å². The first-order chi connectivity index (χ1) is 7.86. The molecule has 1 aliphatic rings. The summed E-state index contributed by atoms with van der Waals surface area (Å²) >= 11 is 0. The molecule has 1 atom stereocenters. The molecule has 1 aliphatic heterocycles. The Labute approximate surface area is 96.2 Å². The van der Waals surface area contributed by atoms with Crippen LogP contribution in [0, 0.1) is 5.82 Å². The highest BCUT2D eigenvalue weighted by molar-refractivity contribution is 5.17. The van der Waals surface area contributed by atoms with E-state index < -0.39 is 0 Å². The molecule has 1 saturated heterocycles. The molecule has 0 aromatic heterocycles. The van der Waals surface area contributed by atoms with E-state index in [0.717, 1.165) is 25.1 Å². The number of hydrogen-bond acceptors (Lipinski definition) is 2. The molecule has 0 aliphatic carbocycles. The monoisotopic (exact) mass is 222 g/mol. The van der Waals surface area contributed by atoms with Crippen molar-refractivity contribution in [1.82, 2.24) is 10.6 Å². The Balaban J connectivity index is 1.84. The van der Waals surface area contributed by atoms with Crippen LogP contribution in [0.4, 0.5) is 4.39 Å². The van der Waals surface area contributed by atoms with Crippen molar-refractivity contribution in [2.45, 2.75) is 31.8 Å². The standard InChI is InChI=1S/C13H19FN2/c14-13-6-2-1-4-11(13)10-16-12-5-3-8-15-9-7-12/h1-2,4,6,12,15-16H,3,5,7-10H2. The van der Waals surface area contributed by atoms with Gasteiger partial charge in [0.2, 0.25) is 0 Å². The molecule has 0 saturated carbocycles. The van der Waals surface area contributed by atoms with E-state index in [0.29, 0.717) is 12.6 Å². The normalized spacial score (nSPS) is 21.7. The van der Waals surface area contributed by atoms with Gasteiger partial charge in [0.15, 0.2) is 0 Å². The summed E-state index contributed by atoms with van der Waals surface area (Å²) < 4.78 is 13.4. The highest BCUT2D eigenvalue weighted by atomic mass is 19.1. The van der Waals surface area contributed by atoms with E-state index >= 15 is 0 Å². The molecule has 0 radical (unpaired) electrons. The summed E-state index contributed by atoms with van der Waals surface area (Å²) in [4.78, 5) is 0. The van der Waals surface area contributed by atoms with Gasteiger partial charge in [-0.3, -0.25) is 0 Å². The second-order valence-electron chi connectivity index (χ2n) is 4.35. The van der Waals surface area contributed by atoms with Crippen molar-refractivity contribution in [3.63, 3.8) is 0 Å². The smallest absolute Gasteiger partial charge is 0.127 e. The van der Waals surface area contributed by atoms with E-state index in [2.05, 4.69) is 10.6 Å². The first kappa shape index (κ1) is 11.6. The molecule has 88 valence electrons. The first-order valence-electron chi connectivity index (χ1n) is 6.04. The summed E-state index contributed by atoms with van der Waals surface area (Å²) in [6, 6.07) is 7.50. The largest absolute Gasteiger partial charge is 0.317 e. The maximum atomic E-state index is 13.4. The Morgan fingerprint density at radius 2 is 2.12 bits per heavy atom. The van der Waals surface area contributed by atoms with Gasteiger partial charge in [-0.2, -0.15) is 0 Å². The molecule has 3 heteroatoms. The van der Waals surface area contributed by atoms with Gasteiger partial charge in [0.25, 0.3) is 0 Å². The van der Waals surface area contributed by atoms with Crippen molar-refractivity contribution < 1.29 is 4.39 Å². The molecule has 1 fully saturated rings. The minimum atomic E-state index is -0.109. The molecule has 1 aromatic carbocycles. The third-order valence-electron chi connectivity index (χ3n) is 3.11. The lowest BCUT2D eigenvalue weighted by atomic mass is 10.1. The zero-order chi connectivity index (χ0) is 11.2. The minimum absolute atomic E-state index is 0.109. The highest BCUT2D eigenvalue weighted by Gasteiger charge is 2.11. The van der Waals surface area contributed by atoms with E-state index in [1.807, 2.05) is 12.1 Å². The number of hydrogen-bond donors (Lipinski definition) is 2. The summed E-state index contributed by atoms with van der Waals surface area (Å²) in [5.41, 5.74) is 0.764. The number of halogens is 1. The fourth-order valence-corrected chi connectivity index (χ4v) is 2.12. The van der Waals surface area contributed by atoms with Gasteiger partial charge in [-0.1, -0.05) is 18.2 Å². The van der Waals surface area contributed by atoms with E-state index in [1.54, 1.807) is 6.07 Å². The van der Waals surface area contributed by atoms with E-state index in [9.17, 15) is 4.39 Å². The van der Waals surface area contributed by atoms with Gasteiger partial charge in [0.1, 0.15) is 5.82 Å². The zero-order valence-corrected chi connectivity index (χ0v) is 9.51. The van der Waals surface area contributed by atoms with Crippen molar-refractivity contribution in [3.05, 3.63) is 35.6 Å². The Morgan fingerprint density at radius 1 is 1.25 bits per heavy atom. The van der Waals surface area contributed by atoms with Crippen LogP contribution in [0.2, 0.25) is 0 Å². The molecule has 2 nitrogen and oxygen atoms in total. The predicted molar refractivity (Wildman–Crippen MR) is 63.7 cm³/mol. The van der Waals surface area contributed by atoms with Crippen molar-refractivity contribution in [1.29, 1.82) is 0 Å². The lowest BCUT2D eigenvalue weighted by molar-refractivity contribution is 0.461. The van der Waals surface area contributed by atoms with Gasteiger partial charge in [0, 0.05) is 18.2 Å². The number of rotatable bonds is 3. The van der Waals surface area contributed by atoms with Gasteiger partial charge in [-0.25, -0.2) is 4.39 Å². The van der Waals surface area contributed by atoms with Crippen LogP contribution in [0.1, 0.15) is 24.8 Å². The van der Waals surface area contributed by atoms with Gasteiger partial charge in [0.05, 0.1) is 0 Å². The lowest BCUT2D eigenvalue weighted by Gasteiger charge is -2.16. The Hall–Kier alpha value is -0.930. The third-order valence-corrected chi connectivity index (χ3v) is 3.11. The quantitative estimate of drug-likeness (QED) is 0.818. The minimum Gasteiger partial charge on any atom is -0.317 e. The summed E-state index contributed by atoms with van der Waals surface area (Å²) in [6.07, 6.45) is 3.52. The average Bonchev–Trinajstić information content (AvgIpc) is 2.56. The van der Waals surface area contributed by atoms with Crippen molar-refractivity contribution >= 4 is 0 Å². The maximum Gasteiger partial charge on any atom is 0.127 e. The molecule has 0 bridgehead atoms. The molecule has 2 rings (SSSR count). The van der Waals surface area contributed by atoms with E-state index in [1.165, 1.54) is 18.9 Å². The van der Waals surface area contributed by atoms with Crippen LogP contribution in [0.5, 0.6) is 0 Å². The zero-order valence-electron chi connectivity index (χ0n) is 9.51. The van der Waals surface area contributed by atoms with Crippen LogP contribution in [-0.2, 0) is 6.54 Å². The molecular formula is C13H19FN2. The van der Waals surface area contributed by atoms with Gasteiger partial charge < -0.3 is 10.6 Å². The van der Waals surface area contributed by atoms with E-state index in [4.69, 9.17) is 0 Å². The topological polar surface area (TPSA) is 24.1 Å². The molecule has 1 heterocycles. The van der Waals surface area contributed by atoms with Crippen LogP contribution in [0.25, 0.3) is 0 Å². The Bertz CT molecular complexity index is 319. The average molecular weight is 222 g/mol. The van der Waals surface area contributed by atoms with Gasteiger partial charge in [-0.05, 0) is 38.4 Å². The Morgan fingerprint density at radius 3 is 3.00 bits per heavy atom. The molecule has 1 unspecified atom stereocenters. The van der Waals surface area contributed by atoms with Crippen LogP contribution in [0.3, 0.4) is 0 Å². The summed E-state index contributed by atoms with van der Waals surface area (Å²) in [5.74, 6) is -0.109. The van der Waals surface area contributed by atoms with Crippen LogP contribution in [0.15, 0.2) is 24.3 Å². The highest BCUT2D eigenvalue weighted by Crippen LogP contribution is 2.09. The molecular weight excluding hydrogens is 203 g/mol. The third kappa shape index (κ3) is 3.29. The predicted octanol–water partition coefficient (Wildman–Crippen LogP) is 2.06. The van der Waals surface area contributed by atoms with Crippen LogP contribution < -0.4 is 10.6 Å². The summed E-state index contributed by atoms with van der Waals surface area (Å²) in [7, 11) is 0. The summed E-state index contributed by atoms with van der Waals surface area (Å²) in [5, 5.41) is 6.81. The fourth-order valence-electron chi connectivity index (χ4n) is 2.12. The van der Waals surface area contributed by atoms with Crippen LogP contribution >= 0.6 is 0 Å². The summed E-state index contributed by atoms with van der Waals surface area (Å²) in [6.45, 7) is 2.81. The van der Waals surface area contributed by atoms with Crippen molar-refractivity contribution in [3.8, 4) is 0 Å². The second-order valence-corrected chi connectivity index (χ2v) is 4.35. The van der Waals surface area contributed by atoms with E-state index in [-0.39, 0.29) is 5.82 Å². The van der Waals surface area contributed by atoms with Gasteiger partial charge in [-0.15, -0.1) is 0 Å². The maximum absolute atomic E-state index is 13.4. The van der Waals surface area contributed by atoms with Crippen molar-refractivity contribution in [2.75, 3.05) is 13.1 Å². The first-order valence-corrected chi connectivity index (χ1v) is 6.04. The van der Waals surface area contributed by atoms with Crippen molar-refractivity contribution in [2.24, 2.45) is 0 Å².